The van der Waals surface area contributed by atoms with Gasteiger partial charge in [0.1, 0.15) is 7.85 Å². The molecule has 11 atom stereocenters. The normalized spacial score (nSPS) is 39.6. The van der Waals surface area contributed by atoms with Gasteiger partial charge >= 0.3 is 0 Å². The van der Waals surface area contributed by atoms with Gasteiger partial charge in [-0.3, -0.25) is 0 Å². The second-order valence-electron chi connectivity index (χ2n) is 16.6. The molecule has 1 fully saturated rings. The van der Waals surface area contributed by atoms with E-state index in [4.69, 9.17) is 6.58 Å². The van der Waals surface area contributed by atoms with Crippen molar-refractivity contribution in [1.82, 2.24) is 0 Å². The second-order valence-corrected chi connectivity index (χ2v) is 16.6. The van der Waals surface area contributed by atoms with Crippen LogP contribution in [0.2, 0.25) is 5.82 Å². The standard InChI is InChI=1S/C42H65B/c1-7-17-28(4)30(6)42(29(5)26-27(3)8-2)37-24-15-13-22-35(37)40(36-23-14-16-25-38(36)42)39-31-18-9-11-20-33(31)41(43)34-21-12-10-19-32(34)39/h8,13,15,27-28,30-31,33,35,37,39-41H,2,5,7,9-12,14,16-26,43H2,1,3-4,6H3/t27?,28?,30?,31?,33?,35-,37?,39?,40?,41?,42?/m1/s1. The van der Waals surface area contributed by atoms with Crippen molar-refractivity contribution in [2.45, 2.75) is 143 Å². The molecule has 0 amide bonds. The number of fused-ring (bicyclic) bond motifs is 2. The van der Waals surface area contributed by atoms with E-state index < -0.39 is 0 Å². The van der Waals surface area contributed by atoms with Crippen LogP contribution in [-0.4, -0.2) is 7.85 Å². The molecule has 236 valence electrons. The van der Waals surface area contributed by atoms with Gasteiger partial charge in [0.05, 0.1) is 0 Å². The summed E-state index contributed by atoms with van der Waals surface area (Å²) in [5.41, 5.74) is 9.65. The Morgan fingerprint density at radius 1 is 0.860 bits per heavy atom. The van der Waals surface area contributed by atoms with Crippen LogP contribution in [0.1, 0.15) is 137 Å². The zero-order valence-corrected chi connectivity index (χ0v) is 28.9. The van der Waals surface area contributed by atoms with E-state index in [0.717, 1.165) is 47.7 Å². The van der Waals surface area contributed by atoms with E-state index in [1.54, 1.807) is 5.57 Å². The Kier molecular flexibility index (Phi) is 9.77. The van der Waals surface area contributed by atoms with Gasteiger partial charge in [-0.2, -0.15) is 0 Å². The third-order valence-electron chi connectivity index (χ3n) is 14.7. The summed E-state index contributed by atoms with van der Waals surface area (Å²) >= 11 is 0. The zero-order valence-electron chi connectivity index (χ0n) is 28.9. The third-order valence-corrected chi connectivity index (χ3v) is 14.7. The first-order chi connectivity index (χ1) is 20.9. The predicted molar refractivity (Wildman–Crippen MR) is 190 cm³/mol. The van der Waals surface area contributed by atoms with Crippen LogP contribution < -0.4 is 0 Å². The van der Waals surface area contributed by atoms with Gasteiger partial charge in [0.15, 0.2) is 0 Å². The lowest BCUT2D eigenvalue weighted by molar-refractivity contribution is -0.00237. The molecule has 0 aromatic rings. The van der Waals surface area contributed by atoms with Gasteiger partial charge in [-0.1, -0.05) is 112 Å². The van der Waals surface area contributed by atoms with Crippen molar-refractivity contribution in [3.05, 3.63) is 59.3 Å². The summed E-state index contributed by atoms with van der Waals surface area (Å²) in [5, 5.41) is 0. The lowest BCUT2D eigenvalue weighted by atomic mass is 9.40. The van der Waals surface area contributed by atoms with Crippen molar-refractivity contribution in [2.75, 3.05) is 0 Å². The Balaban J connectivity index is 1.58. The molecule has 0 aliphatic heterocycles. The van der Waals surface area contributed by atoms with E-state index >= 15 is 0 Å². The van der Waals surface area contributed by atoms with E-state index in [-0.39, 0.29) is 5.41 Å². The van der Waals surface area contributed by atoms with Crippen LogP contribution >= 0.6 is 0 Å². The Bertz CT molecular complexity index is 1130. The summed E-state index contributed by atoms with van der Waals surface area (Å²) in [6.45, 7) is 19.4. The number of hydrogen-bond donors (Lipinski definition) is 0. The summed E-state index contributed by atoms with van der Waals surface area (Å²) < 4.78 is 0. The molecule has 43 heavy (non-hydrogen) atoms. The topological polar surface area (TPSA) is 0 Å². The Hall–Kier alpha value is -1.24. The Labute approximate surface area is 267 Å². The number of rotatable bonds is 9. The summed E-state index contributed by atoms with van der Waals surface area (Å²) in [6.07, 6.45) is 30.9. The zero-order chi connectivity index (χ0) is 30.3. The molecule has 0 spiro atoms. The van der Waals surface area contributed by atoms with Crippen LogP contribution in [0.4, 0.5) is 0 Å². The fourth-order valence-electron chi connectivity index (χ4n) is 12.8. The van der Waals surface area contributed by atoms with Crippen LogP contribution in [0.25, 0.3) is 0 Å². The van der Waals surface area contributed by atoms with Crippen molar-refractivity contribution in [2.24, 2.45) is 58.7 Å². The molecule has 0 radical (unpaired) electrons. The minimum atomic E-state index is 0.158. The summed E-state index contributed by atoms with van der Waals surface area (Å²) in [4.78, 5) is 0. The van der Waals surface area contributed by atoms with Gasteiger partial charge in [0, 0.05) is 5.41 Å². The summed E-state index contributed by atoms with van der Waals surface area (Å²) in [7, 11) is 2.66. The monoisotopic (exact) mass is 581 g/mol. The molecular weight excluding hydrogens is 515 g/mol. The van der Waals surface area contributed by atoms with Crippen LogP contribution in [0.3, 0.4) is 0 Å². The van der Waals surface area contributed by atoms with Crippen molar-refractivity contribution in [3.8, 4) is 0 Å². The molecular formula is C42H65B. The highest BCUT2D eigenvalue weighted by atomic mass is 14.6. The lowest BCUT2D eigenvalue weighted by Gasteiger charge is -2.63. The highest BCUT2D eigenvalue weighted by Crippen LogP contribution is 2.69. The van der Waals surface area contributed by atoms with E-state index in [1.165, 1.54) is 103 Å². The number of hydrogen-bond acceptors (Lipinski definition) is 0. The van der Waals surface area contributed by atoms with Gasteiger partial charge in [0.25, 0.3) is 0 Å². The van der Waals surface area contributed by atoms with Crippen LogP contribution in [0.5, 0.6) is 0 Å². The minimum absolute atomic E-state index is 0.158. The maximum atomic E-state index is 5.15. The molecule has 0 bridgehead atoms. The quantitative estimate of drug-likeness (QED) is 0.188. The maximum absolute atomic E-state index is 5.15. The van der Waals surface area contributed by atoms with Gasteiger partial charge < -0.3 is 0 Å². The first-order valence-electron chi connectivity index (χ1n) is 19.3. The van der Waals surface area contributed by atoms with Gasteiger partial charge in [0.2, 0.25) is 0 Å². The fraction of sp³-hybridized carbons (Fsp3) is 0.762. The van der Waals surface area contributed by atoms with Crippen LogP contribution in [-0.2, 0) is 0 Å². The minimum Gasteiger partial charge on any atom is -0.103 e. The molecule has 0 heterocycles. The molecule has 0 nitrogen and oxygen atoms in total. The first-order valence-corrected chi connectivity index (χ1v) is 19.3. The molecule has 6 rings (SSSR count). The molecule has 0 aromatic carbocycles. The lowest BCUT2D eigenvalue weighted by Crippen LogP contribution is -2.55. The number of allylic oxidation sites excluding steroid dienone is 8. The van der Waals surface area contributed by atoms with Crippen LogP contribution in [0, 0.1) is 58.7 Å². The SMILES string of the molecule is BC1C2=C(CCCC2)C(C2C3=C(CCCC3)C(C(=C)CC(C)C=C)(C(C)C(C)CCC)C3CC=CC[C@@H]23)C2CCCCC12. The third kappa shape index (κ3) is 5.27. The van der Waals surface area contributed by atoms with Gasteiger partial charge in [-0.05, 0) is 136 Å². The molecule has 10 unspecified atom stereocenters. The predicted octanol–water partition coefficient (Wildman–Crippen LogP) is 11.6. The van der Waals surface area contributed by atoms with Gasteiger partial charge in [-0.25, -0.2) is 0 Å². The molecule has 1 saturated carbocycles. The molecule has 0 aromatic heterocycles. The van der Waals surface area contributed by atoms with Crippen molar-refractivity contribution >= 4 is 7.85 Å². The molecule has 1 heteroatoms. The molecule has 0 saturated heterocycles. The second kappa shape index (κ2) is 13.2. The van der Waals surface area contributed by atoms with Crippen molar-refractivity contribution in [3.63, 3.8) is 0 Å². The average molecular weight is 581 g/mol. The molecule has 6 aliphatic carbocycles. The maximum Gasteiger partial charge on any atom is 0.111 e. The van der Waals surface area contributed by atoms with Gasteiger partial charge in [-0.15, -0.1) is 6.58 Å². The Morgan fingerprint density at radius 3 is 2.21 bits per heavy atom. The van der Waals surface area contributed by atoms with E-state index in [0.29, 0.717) is 17.8 Å². The average Bonchev–Trinajstić information content (AvgIpc) is 3.04. The van der Waals surface area contributed by atoms with E-state index in [1.807, 2.05) is 22.3 Å². The van der Waals surface area contributed by atoms with Crippen molar-refractivity contribution < 1.29 is 0 Å². The molecule has 0 N–H and O–H groups in total. The van der Waals surface area contributed by atoms with Crippen LogP contribution in [0.15, 0.2) is 59.3 Å². The van der Waals surface area contributed by atoms with E-state index in [9.17, 15) is 0 Å². The summed E-state index contributed by atoms with van der Waals surface area (Å²) in [6, 6.07) is 0. The smallest absolute Gasteiger partial charge is 0.103 e. The largest absolute Gasteiger partial charge is 0.111 e. The highest BCUT2D eigenvalue weighted by Gasteiger charge is 2.60. The molecule has 6 aliphatic rings. The fourth-order valence-corrected chi connectivity index (χ4v) is 12.8. The van der Waals surface area contributed by atoms with Crippen molar-refractivity contribution in [1.29, 1.82) is 0 Å². The summed E-state index contributed by atoms with van der Waals surface area (Å²) in [5.74, 6) is 7.72. The van der Waals surface area contributed by atoms with E-state index in [2.05, 4.69) is 60.3 Å². The highest BCUT2D eigenvalue weighted by molar-refractivity contribution is 6.14. The first kappa shape index (κ1) is 31.7. The Morgan fingerprint density at radius 2 is 1.49 bits per heavy atom.